The molecule has 3 rings (SSSR count). The van der Waals surface area contributed by atoms with Crippen LogP contribution in [-0.4, -0.2) is 24.3 Å². The number of hydrogen-bond acceptors (Lipinski definition) is 3. The van der Waals surface area contributed by atoms with Gasteiger partial charge in [-0.15, -0.1) is 0 Å². The molecule has 0 aliphatic carbocycles. The molecule has 0 aromatic heterocycles. The molecule has 2 aromatic rings. The molecule has 27 heavy (non-hydrogen) atoms. The summed E-state index contributed by atoms with van der Waals surface area (Å²) < 4.78 is 0. The minimum absolute atomic E-state index is 0.105. The van der Waals surface area contributed by atoms with Crippen molar-refractivity contribution >= 4 is 29.1 Å². The molecular weight excluding hydrogens is 342 g/mol. The highest BCUT2D eigenvalue weighted by molar-refractivity contribution is 5.97. The molecule has 140 valence electrons. The van der Waals surface area contributed by atoms with Crippen molar-refractivity contribution in [2.24, 2.45) is 0 Å². The van der Waals surface area contributed by atoms with Crippen LogP contribution in [0.5, 0.6) is 0 Å². The molecule has 1 aliphatic rings. The highest BCUT2D eigenvalue weighted by atomic mass is 16.2. The molecule has 0 bridgehead atoms. The van der Waals surface area contributed by atoms with Crippen LogP contribution in [0.2, 0.25) is 0 Å². The molecule has 1 atom stereocenters. The third kappa shape index (κ3) is 4.94. The standard InChI is InChI=1S/C21H23N3O3/c1-15(25)22-19(16-7-3-2-4-8-16)14-20(26)23-17-9-5-10-18(13-17)24-12-6-11-21(24)27/h2-5,7-10,13,19H,6,11-12,14H2,1H3,(H,22,25)(H,23,26)/t19-/m0/s1. The lowest BCUT2D eigenvalue weighted by Gasteiger charge is -2.19. The van der Waals surface area contributed by atoms with Crippen LogP contribution in [0.25, 0.3) is 0 Å². The summed E-state index contributed by atoms with van der Waals surface area (Å²) in [5, 5.41) is 5.69. The van der Waals surface area contributed by atoms with Gasteiger partial charge in [0.2, 0.25) is 17.7 Å². The molecular formula is C21H23N3O3. The molecule has 0 spiro atoms. The molecule has 1 fully saturated rings. The Kier molecular flexibility index (Phi) is 5.86. The molecule has 1 heterocycles. The molecule has 0 radical (unpaired) electrons. The number of benzene rings is 2. The zero-order valence-corrected chi connectivity index (χ0v) is 15.3. The Morgan fingerprint density at radius 1 is 1.11 bits per heavy atom. The maximum Gasteiger partial charge on any atom is 0.227 e. The summed E-state index contributed by atoms with van der Waals surface area (Å²) in [4.78, 5) is 37.7. The second-order valence-corrected chi connectivity index (χ2v) is 6.62. The molecule has 6 heteroatoms. The minimum Gasteiger partial charge on any atom is -0.349 e. The van der Waals surface area contributed by atoms with Gasteiger partial charge in [0.15, 0.2) is 0 Å². The van der Waals surface area contributed by atoms with Crippen molar-refractivity contribution in [3.05, 3.63) is 60.2 Å². The zero-order valence-electron chi connectivity index (χ0n) is 15.3. The van der Waals surface area contributed by atoms with Crippen molar-refractivity contribution in [1.82, 2.24) is 5.32 Å². The molecule has 3 amide bonds. The fourth-order valence-corrected chi connectivity index (χ4v) is 3.25. The Hall–Kier alpha value is -3.15. The van der Waals surface area contributed by atoms with E-state index >= 15 is 0 Å². The summed E-state index contributed by atoms with van der Waals surface area (Å²) in [5.41, 5.74) is 2.29. The molecule has 2 aromatic carbocycles. The molecule has 0 unspecified atom stereocenters. The first-order chi connectivity index (χ1) is 13.0. The van der Waals surface area contributed by atoms with E-state index in [9.17, 15) is 14.4 Å². The van der Waals surface area contributed by atoms with Gasteiger partial charge in [-0.25, -0.2) is 0 Å². The van der Waals surface area contributed by atoms with E-state index in [0.717, 1.165) is 17.7 Å². The van der Waals surface area contributed by atoms with Crippen LogP contribution in [0.3, 0.4) is 0 Å². The van der Waals surface area contributed by atoms with Crippen LogP contribution < -0.4 is 15.5 Å². The van der Waals surface area contributed by atoms with Crippen molar-refractivity contribution < 1.29 is 14.4 Å². The van der Waals surface area contributed by atoms with E-state index in [2.05, 4.69) is 10.6 Å². The lowest BCUT2D eigenvalue weighted by Crippen LogP contribution is -2.29. The lowest BCUT2D eigenvalue weighted by molar-refractivity contribution is -0.120. The van der Waals surface area contributed by atoms with Gasteiger partial charge in [-0.1, -0.05) is 36.4 Å². The third-order valence-electron chi connectivity index (χ3n) is 4.48. The fraction of sp³-hybridized carbons (Fsp3) is 0.286. The Bertz CT molecular complexity index is 836. The SMILES string of the molecule is CC(=O)N[C@@H](CC(=O)Nc1cccc(N2CCCC2=O)c1)c1ccccc1. The zero-order chi connectivity index (χ0) is 19.2. The number of amides is 3. The van der Waals surface area contributed by atoms with Crippen LogP contribution in [0.15, 0.2) is 54.6 Å². The lowest BCUT2D eigenvalue weighted by atomic mass is 10.0. The van der Waals surface area contributed by atoms with Gasteiger partial charge in [-0.05, 0) is 30.2 Å². The van der Waals surface area contributed by atoms with Gasteiger partial charge in [0.1, 0.15) is 0 Å². The van der Waals surface area contributed by atoms with E-state index in [-0.39, 0.29) is 24.1 Å². The van der Waals surface area contributed by atoms with Crippen LogP contribution in [0.4, 0.5) is 11.4 Å². The summed E-state index contributed by atoms with van der Waals surface area (Å²) in [6, 6.07) is 16.3. The summed E-state index contributed by atoms with van der Waals surface area (Å²) in [6.45, 7) is 2.14. The average molecular weight is 365 g/mol. The van der Waals surface area contributed by atoms with Crippen LogP contribution in [0, 0.1) is 0 Å². The fourth-order valence-electron chi connectivity index (χ4n) is 3.25. The van der Waals surface area contributed by atoms with E-state index < -0.39 is 6.04 Å². The Balaban J connectivity index is 1.69. The monoisotopic (exact) mass is 365 g/mol. The normalized spacial score (nSPS) is 14.7. The van der Waals surface area contributed by atoms with Crippen LogP contribution in [-0.2, 0) is 14.4 Å². The minimum atomic E-state index is -0.396. The van der Waals surface area contributed by atoms with Crippen molar-refractivity contribution in [3.8, 4) is 0 Å². The third-order valence-corrected chi connectivity index (χ3v) is 4.48. The van der Waals surface area contributed by atoms with Gasteiger partial charge in [-0.2, -0.15) is 0 Å². The number of carbonyl (C=O) groups excluding carboxylic acids is 3. The van der Waals surface area contributed by atoms with Crippen LogP contribution in [0.1, 0.15) is 37.8 Å². The van der Waals surface area contributed by atoms with Crippen molar-refractivity contribution in [3.63, 3.8) is 0 Å². The Morgan fingerprint density at radius 3 is 2.56 bits per heavy atom. The van der Waals surface area contributed by atoms with Crippen molar-refractivity contribution in [2.45, 2.75) is 32.2 Å². The van der Waals surface area contributed by atoms with E-state index in [1.807, 2.05) is 42.5 Å². The summed E-state index contributed by atoms with van der Waals surface area (Å²) >= 11 is 0. The summed E-state index contributed by atoms with van der Waals surface area (Å²) in [7, 11) is 0. The molecule has 0 saturated carbocycles. The topological polar surface area (TPSA) is 78.5 Å². The average Bonchev–Trinajstić information content (AvgIpc) is 3.08. The Morgan fingerprint density at radius 2 is 1.89 bits per heavy atom. The second-order valence-electron chi connectivity index (χ2n) is 6.62. The predicted molar refractivity (Wildman–Crippen MR) is 104 cm³/mol. The highest BCUT2D eigenvalue weighted by Crippen LogP contribution is 2.25. The predicted octanol–water partition coefficient (Wildman–Crippen LogP) is 3.02. The van der Waals surface area contributed by atoms with Gasteiger partial charge in [-0.3, -0.25) is 14.4 Å². The summed E-state index contributed by atoms with van der Waals surface area (Å²) in [6.07, 6.45) is 1.54. The molecule has 6 nitrogen and oxygen atoms in total. The second kappa shape index (κ2) is 8.49. The van der Waals surface area contributed by atoms with Gasteiger partial charge in [0, 0.05) is 31.3 Å². The number of hydrogen-bond donors (Lipinski definition) is 2. The molecule has 2 N–H and O–H groups in total. The van der Waals surface area contributed by atoms with Gasteiger partial charge < -0.3 is 15.5 Å². The van der Waals surface area contributed by atoms with E-state index in [4.69, 9.17) is 0 Å². The highest BCUT2D eigenvalue weighted by Gasteiger charge is 2.22. The first kappa shape index (κ1) is 18.6. The van der Waals surface area contributed by atoms with Gasteiger partial charge in [0.05, 0.1) is 12.5 Å². The van der Waals surface area contributed by atoms with E-state index in [1.165, 1.54) is 6.92 Å². The number of anilines is 2. The number of nitrogens with one attached hydrogen (secondary N) is 2. The maximum atomic E-state index is 12.5. The van der Waals surface area contributed by atoms with Crippen molar-refractivity contribution in [2.75, 3.05) is 16.8 Å². The maximum absolute atomic E-state index is 12.5. The number of carbonyl (C=O) groups is 3. The number of rotatable bonds is 6. The molecule has 1 aliphatic heterocycles. The summed E-state index contributed by atoms with van der Waals surface area (Å²) in [5.74, 6) is -0.290. The quantitative estimate of drug-likeness (QED) is 0.826. The van der Waals surface area contributed by atoms with Gasteiger partial charge >= 0.3 is 0 Å². The van der Waals surface area contributed by atoms with Crippen LogP contribution >= 0.6 is 0 Å². The van der Waals surface area contributed by atoms with Gasteiger partial charge in [0.25, 0.3) is 0 Å². The van der Waals surface area contributed by atoms with Crippen molar-refractivity contribution in [1.29, 1.82) is 0 Å². The van der Waals surface area contributed by atoms with E-state index in [0.29, 0.717) is 18.7 Å². The first-order valence-corrected chi connectivity index (χ1v) is 9.05. The first-order valence-electron chi connectivity index (χ1n) is 9.05. The largest absolute Gasteiger partial charge is 0.349 e. The van der Waals surface area contributed by atoms with E-state index in [1.54, 1.807) is 17.0 Å². The Labute approximate surface area is 158 Å². The molecule has 1 saturated heterocycles. The smallest absolute Gasteiger partial charge is 0.227 e. The number of nitrogens with zero attached hydrogens (tertiary/aromatic N) is 1.